The zero-order valence-electron chi connectivity index (χ0n) is 11.4. The Balaban J connectivity index is 1.97. The second-order valence-corrected chi connectivity index (χ2v) is 5.75. The van der Waals surface area contributed by atoms with Gasteiger partial charge in [0.15, 0.2) is 0 Å². The van der Waals surface area contributed by atoms with Crippen molar-refractivity contribution in [1.82, 2.24) is 4.98 Å². The van der Waals surface area contributed by atoms with Crippen LogP contribution in [0.2, 0.25) is 0 Å². The van der Waals surface area contributed by atoms with Crippen molar-refractivity contribution in [3.05, 3.63) is 59.8 Å². The summed E-state index contributed by atoms with van der Waals surface area (Å²) in [6.45, 7) is 2.11. The number of rotatable bonds is 1. The van der Waals surface area contributed by atoms with Crippen molar-refractivity contribution < 1.29 is 5.11 Å². The fourth-order valence-corrected chi connectivity index (χ4v) is 3.40. The number of aliphatic hydroxyl groups is 1. The van der Waals surface area contributed by atoms with Gasteiger partial charge in [0.1, 0.15) is 0 Å². The summed E-state index contributed by atoms with van der Waals surface area (Å²) in [5, 5.41) is 11.5. The molecule has 3 aromatic rings. The molecule has 2 aromatic carbocycles. The first kappa shape index (κ1) is 11.7. The quantitative estimate of drug-likeness (QED) is 0.682. The van der Waals surface area contributed by atoms with Crippen LogP contribution < -0.4 is 0 Å². The lowest BCUT2D eigenvalue weighted by Gasteiger charge is -2.09. The molecule has 2 N–H and O–H groups in total. The van der Waals surface area contributed by atoms with Crippen LogP contribution in [0.25, 0.3) is 22.0 Å². The highest BCUT2D eigenvalue weighted by molar-refractivity contribution is 5.96. The average Bonchev–Trinajstić information content (AvgIpc) is 3.02. The van der Waals surface area contributed by atoms with Gasteiger partial charge in [-0.05, 0) is 35.1 Å². The molecule has 0 radical (unpaired) electrons. The minimum absolute atomic E-state index is 0.302. The van der Waals surface area contributed by atoms with E-state index in [9.17, 15) is 5.11 Å². The first-order valence-electron chi connectivity index (χ1n) is 7.12. The number of fused-ring (bicyclic) bond motifs is 2. The van der Waals surface area contributed by atoms with Gasteiger partial charge in [-0.2, -0.15) is 0 Å². The number of benzene rings is 2. The SMILES string of the molecule is CC1Cc2c(-c3c[nH]c4ccccc34)cccc2C1O. The van der Waals surface area contributed by atoms with Gasteiger partial charge in [0.25, 0.3) is 0 Å². The zero-order valence-corrected chi connectivity index (χ0v) is 11.4. The van der Waals surface area contributed by atoms with E-state index in [0.717, 1.165) is 17.5 Å². The number of hydrogen-bond donors (Lipinski definition) is 2. The first-order valence-corrected chi connectivity index (χ1v) is 7.12. The summed E-state index contributed by atoms with van der Waals surface area (Å²) in [6, 6.07) is 14.6. The van der Waals surface area contributed by atoms with Crippen LogP contribution in [-0.4, -0.2) is 10.1 Å². The van der Waals surface area contributed by atoms with E-state index >= 15 is 0 Å². The minimum atomic E-state index is -0.324. The Kier molecular flexibility index (Phi) is 2.48. The maximum atomic E-state index is 10.3. The van der Waals surface area contributed by atoms with Crippen LogP contribution in [0.5, 0.6) is 0 Å². The van der Waals surface area contributed by atoms with Gasteiger partial charge in [-0.25, -0.2) is 0 Å². The molecular weight excluding hydrogens is 246 g/mol. The largest absolute Gasteiger partial charge is 0.388 e. The number of nitrogens with one attached hydrogen (secondary N) is 1. The number of hydrogen-bond acceptors (Lipinski definition) is 1. The number of aromatic nitrogens is 1. The van der Waals surface area contributed by atoms with E-state index in [2.05, 4.69) is 54.5 Å². The predicted molar refractivity (Wildman–Crippen MR) is 81.6 cm³/mol. The molecule has 2 nitrogen and oxygen atoms in total. The topological polar surface area (TPSA) is 36.0 Å². The lowest BCUT2D eigenvalue weighted by molar-refractivity contribution is 0.133. The van der Waals surface area contributed by atoms with Gasteiger partial charge >= 0.3 is 0 Å². The van der Waals surface area contributed by atoms with Crippen molar-refractivity contribution in [3.63, 3.8) is 0 Å². The van der Waals surface area contributed by atoms with Gasteiger partial charge in [0.05, 0.1) is 6.10 Å². The number of aromatic amines is 1. The smallest absolute Gasteiger partial charge is 0.0821 e. The first-order chi connectivity index (χ1) is 9.75. The Hall–Kier alpha value is -2.06. The summed E-state index contributed by atoms with van der Waals surface area (Å²) in [5.74, 6) is 0.302. The van der Waals surface area contributed by atoms with Crippen LogP contribution in [0.3, 0.4) is 0 Å². The maximum Gasteiger partial charge on any atom is 0.0821 e. The zero-order chi connectivity index (χ0) is 13.7. The van der Waals surface area contributed by atoms with Gasteiger partial charge in [-0.15, -0.1) is 0 Å². The third kappa shape index (κ3) is 1.55. The van der Waals surface area contributed by atoms with E-state index in [-0.39, 0.29) is 6.10 Å². The van der Waals surface area contributed by atoms with Crippen molar-refractivity contribution in [2.45, 2.75) is 19.4 Å². The highest BCUT2D eigenvalue weighted by Gasteiger charge is 2.29. The van der Waals surface area contributed by atoms with Crippen LogP contribution in [0.15, 0.2) is 48.7 Å². The van der Waals surface area contributed by atoms with Crippen molar-refractivity contribution in [1.29, 1.82) is 0 Å². The van der Waals surface area contributed by atoms with Crippen LogP contribution in [0.4, 0.5) is 0 Å². The Morgan fingerprint density at radius 3 is 2.80 bits per heavy atom. The average molecular weight is 263 g/mol. The molecule has 0 bridgehead atoms. The predicted octanol–water partition coefficient (Wildman–Crippen LogP) is 4.06. The highest BCUT2D eigenvalue weighted by atomic mass is 16.3. The normalized spacial score (nSPS) is 21.3. The Bertz CT molecular complexity index is 787. The highest BCUT2D eigenvalue weighted by Crippen LogP contribution is 2.42. The molecule has 20 heavy (non-hydrogen) atoms. The van der Waals surface area contributed by atoms with Crippen molar-refractivity contribution in [2.75, 3.05) is 0 Å². The summed E-state index contributed by atoms with van der Waals surface area (Å²) in [4.78, 5) is 3.34. The number of H-pyrrole nitrogens is 1. The van der Waals surface area contributed by atoms with Crippen molar-refractivity contribution in [2.24, 2.45) is 5.92 Å². The second kappa shape index (κ2) is 4.22. The number of para-hydroxylation sites is 1. The van der Waals surface area contributed by atoms with Crippen LogP contribution >= 0.6 is 0 Å². The molecule has 1 aliphatic rings. The van der Waals surface area contributed by atoms with Crippen LogP contribution in [-0.2, 0) is 6.42 Å². The van der Waals surface area contributed by atoms with Gasteiger partial charge in [0, 0.05) is 22.7 Å². The summed E-state index contributed by atoms with van der Waals surface area (Å²) in [7, 11) is 0. The van der Waals surface area contributed by atoms with Crippen molar-refractivity contribution >= 4 is 10.9 Å². The van der Waals surface area contributed by atoms with Gasteiger partial charge in [-0.1, -0.05) is 43.3 Å². The third-order valence-electron chi connectivity index (χ3n) is 4.48. The Morgan fingerprint density at radius 1 is 1.05 bits per heavy atom. The van der Waals surface area contributed by atoms with E-state index in [4.69, 9.17) is 0 Å². The van der Waals surface area contributed by atoms with E-state index in [0.29, 0.717) is 5.92 Å². The van der Waals surface area contributed by atoms with Gasteiger partial charge in [-0.3, -0.25) is 0 Å². The van der Waals surface area contributed by atoms with Crippen LogP contribution in [0.1, 0.15) is 24.2 Å². The lowest BCUT2D eigenvalue weighted by Crippen LogP contribution is -2.00. The molecule has 2 heteroatoms. The molecule has 0 amide bonds. The lowest BCUT2D eigenvalue weighted by atomic mass is 9.96. The monoisotopic (exact) mass is 263 g/mol. The number of aliphatic hydroxyl groups excluding tert-OH is 1. The summed E-state index contributed by atoms with van der Waals surface area (Å²) < 4.78 is 0. The Morgan fingerprint density at radius 2 is 1.90 bits per heavy atom. The fourth-order valence-electron chi connectivity index (χ4n) is 3.40. The molecule has 1 heterocycles. The molecular formula is C18H17NO. The van der Waals surface area contributed by atoms with E-state index in [1.165, 1.54) is 22.1 Å². The Labute approximate surface area is 118 Å². The van der Waals surface area contributed by atoms with Crippen LogP contribution in [0, 0.1) is 5.92 Å². The maximum absolute atomic E-state index is 10.3. The molecule has 1 aromatic heterocycles. The molecule has 0 fully saturated rings. The molecule has 0 spiro atoms. The van der Waals surface area contributed by atoms with Gasteiger partial charge in [0.2, 0.25) is 0 Å². The van der Waals surface area contributed by atoms with Crippen molar-refractivity contribution in [3.8, 4) is 11.1 Å². The fraction of sp³-hybridized carbons (Fsp3) is 0.222. The molecule has 0 saturated carbocycles. The molecule has 0 aliphatic heterocycles. The standard InChI is InChI=1S/C18H17NO/c1-11-9-15-12(6-4-7-14(15)18(11)20)16-10-19-17-8-3-2-5-13(16)17/h2-8,10-11,18-20H,9H2,1H3. The summed E-state index contributed by atoms with van der Waals surface area (Å²) in [5.41, 5.74) is 6.05. The summed E-state index contributed by atoms with van der Waals surface area (Å²) in [6.07, 6.45) is 2.71. The molecule has 2 unspecified atom stereocenters. The third-order valence-corrected chi connectivity index (χ3v) is 4.48. The van der Waals surface area contributed by atoms with E-state index < -0.39 is 0 Å². The molecule has 2 atom stereocenters. The summed E-state index contributed by atoms with van der Waals surface area (Å²) >= 11 is 0. The minimum Gasteiger partial charge on any atom is -0.388 e. The molecule has 1 aliphatic carbocycles. The van der Waals surface area contributed by atoms with E-state index in [1.807, 2.05) is 6.07 Å². The molecule has 100 valence electrons. The molecule has 0 saturated heterocycles. The second-order valence-electron chi connectivity index (χ2n) is 5.75. The molecule has 4 rings (SSSR count). The van der Waals surface area contributed by atoms with Gasteiger partial charge < -0.3 is 10.1 Å². The van der Waals surface area contributed by atoms with E-state index in [1.54, 1.807) is 0 Å².